The van der Waals surface area contributed by atoms with Gasteiger partial charge in [-0.3, -0.25) is 14.3 Å². The molecule has 0 N–H and O–H groups in total. The molecule has 0 aromatic carbocycles. The van der Waals surface area contributed by atoms with Gasteiger partial charge >= 0.3 is 5.97 Å². The summed E-state index contributed by atoms with van der Waals surface area (Å²) < 4.78 is 7.77. The molecule has 0 saturated heterocycles. The summed E-state index contributed by atoms with van der Waals surface area (Å²) >= 11 is 0. The predicted octanol–water partition coefficient (Wildman–Crippen LogP) is 6.46. The van der Waals surface area contributed by atoms with Crippen LogP contribution in [0.2, 0.25) is 0 Å². The number of ketones is 1. The van der Waals surface area contributed by atoms with Crippen molar-refractivity contribution in [1.82, 2.24) is 9.78 Å². The summed E-state index contributed by atoms with van der Waals surface area (Å²) in [6.07, 6.45) is 18.5. The van der Waals surface area contributed by atoms with E-state index in [1.54, 1.807) is 0 Å². The lowest BCUT2D eigenvalue weighted by molar-refractivity contribution is -0.148. The number of carbonyl (C=O) groups excluding carboxylic acids is 2. The first-order valence-electron chi connectivity index (χ1n) is 14.0. The van der Waals surface area contributed by atoms with Crippen LogP contribution < -0.4 is 0 Å². The Labute approximate surface area is 209 Å². The Morgan fingerprint density at radius 1 is 1.09 bits per heavy atom. The van der Waals surface area contributed by atoms with Crippen LogP contribution in [0.15, 0.2) is 29.5 Å². The number of esters is 1. The standard InChI is InChI=1S/C30H40N2O3/c1-19(33)35-24-10-13-29(2)21(18-24)8-9-25-26(29)11-14-30(3)27(25)17-20(28(30)34)16-23-12-15-31-32(23)22-6-4-5-7-22/h8,12,15-16,22,24-27H,4-7,9-11,13-14,17-18H2,1-3H3/b20-16+/t24-,25+,26-,27-,29+,30+/m1/s1. The SMILES string of the molecule is CC(=O)O[C@@H]1CC[C@@]2(C)C(=CC[C@H]3[C@H]2CC[C@]2(C)C(=O)/C(=C/c4ccnn4C4CCCC4)C[C@H]32)C1. The highest BCUT2D eigenvalue weighted by atomic mass is 16.5. The molecule has 6 rings (SSSR count). The molecule has 6 atom stereocenters. The molecule has 188 valence electrons. The molecule has 0 spiro atoms. The molecule has 1 aromatic rings. The van der Waals surface area contributed by atoms with Crippen LogP contribution in [0.3, 0.4) is 0 Å². The molecule has 35 heavy (non-hydrogen) atoms. The topological polar surface area (TPSA) is 61.2 Å². The van der Waals surface area contributed by atoms with Crippen LogP contribution in [-0.4, -0.2) is 27.6 Å². The van der Waals surface area contributed by atoms with E-state index in [1.807, 2.05) is 6.20 Å². The lowest BCUT2D eigenvalue weighted by Crippen LogP contribution is -2.50. The number of rotatable bonds is 3. The summed E-state index contributed by atoms with van der Waals surface area (Å²) in [4.78, 5) is 25.4. The normalized spacial score (nSPS) is 40.3. The zero-order valence-corrected chi connectivity index (χ0v) is 21.6. The van der Waals surface area contributed by atoms with Gasteiger partial charge in [-0.25, -0.2) is 0 Å². The van der Waals surface area contributed by atoms with E-state index in [0.29, 0.717) is 29.6 Å². The number of Topliss-reactive ketones (excluding diaryl/α,β-unsaturated/α-hetero) is 1. The number of nitrogens with zero attached hydrogens (tertiary/aromatic N) is 2. The van der Waals surface area contributed by atoms with Crippen molar-refractivity contribution in [3.63, 3.8) is 0 Å². The Bertz CT molecular complexity index is 1090. The van der Waals surface area contributed by atoms with E-state index in [4.69, 9.17) is 4.74 Å². The summed E-state index contributed by atoms with van der Waals surface area (Å²) in [6, 6.07) is 2.57. The molecule has 5 aliphatic rings. The van der Waals surface area contributed by atoms with E-state index in [0.717, 1.165) is 56.2 Å². The molecule has 4 fully saturated rings. The van der Waals surface area contributed by atoms with Crippen molar-refractivity contribution in [2.45, 2.75) is 104 Å². The number of carbonyl (C=O) groups is 2. The number of hydrogen-bond donors (Lipinski definition) is 0. The van der Waals surface area contributed by atoms with E-state index in [-0.39, 0.29) is 22.9 Å². The van der Waals surface area contributed by atoms with Crippen molar-refractivity contribution < 1.29 is 14.3 Å². The van der Waals surface area contributed by atoms with Crippen LogP contribution in [0.5, 0.6) is 0 Å². The smallest absolute Gasteiger partial charge is 0.302 e. The van der Waals surface area contributed by atoms with Gasteiger partial charge in [0, 0.05) is 25.0 Å². The summed E-state index contributed by atoms with van der Waals surface area (Å²) in [5.41, 5.74) is 3.58. The second-order valence-electron chi connectivity index (χ2n) is 12.5. The number of hydrogen-bond acceptors (Lipinski definition) is 4. The lowest BCUT2D eigenvalue weighted by atomic mass is 9.48. The van der Waals surface area contributed by atoms with Gasteiger partial charge in [-0.1, -0.05) is 38.3 Å². The minimum Gasteiger partial charge on any atom is -0.462 e. The van der Waals surface area contributed by atoms with Crippen LogP contribution in [0.1, 0.15) is 103 Å². The number of ether oxygens (including phenoxy) is 1. The molecular weight excluding hydrogens is 436 g/mol. The summed E-state index contributed by atoms with van der Waals surface area (Å²) in [7, 11) is 0. The molecule has 1 heterocycles. The second-order valence-corrected chi connectivity index (χ2v) is 12.5. The number of allylic oxidation sites excluding steroid dienone is 2. The van der Waals surface area contributed by atoms with Gasteiger partial charge in [0.25, 0.3) is 0 Å². The van der Waals surface area contributed by atoms with Gasteiger partial charge in [0.2, 0.25) is 0 Å². The van der Waals surface area contributed by atoms with Gasteiger partial charge in [-0.05, 0) is 92.3 Å². The Hall–Kier alpha value is -2.17. The van der Waals surface area contributed by atoms with Crippen LogP contribution in [-0.2, 0) is 14.3 Å². The van der Waals surface area contributed by atoms with Crippen molar-refractivity contribution in [3.8, 4) is 0 Å². The van der Waals surface area contributed by atoms with E-state index < -0.39 is 0 Å². The molecule has 5 aliphatic carbocycles. The third-order valence-corrected chi connectivity index (χ3v) is 10.7. The van der Waals surface area contributed by atoms with Crippen LogP contribution in [0, 0.1) is 28.6 Å². The molecule has 5 nitrogen and oxygen atoms in total. The maximum Gasteiger partial charge on any atom is 0.302 e. The lowest BCUT2D eigenvalue weighted by Gasteiger charge is -2.56. The predicted molar refractivity (Wildman–Crippen MR) is 135 cm³/mol. The fourth-order valence-corrected chi connectivity index (χ4v) is 8.83. The van der Waals surface area contributed by atoms with Gasteiger partial charge in [-0.15, -0.1) is 0 Å². The summed E-state index contributed by atoms with van der Waals surface area (Å²) in [5, 5.41) is 4.64. The van der Waals surface area contributed by atoms with Crippen molar-refractivity contribution in [1.29, 1.82) is 0 Å². The highest BCUT2D eigenvalue weighted by Gasteiger charge is 2.60. The van der Waals surface area contributed by atoms with Crippen molar-refractivity contribution in [2.75, 3.05) is 0 Å². The van der Waals surface area contributed by atoms with E-state index in [2.05, 4.69) is 41.8 Å². The Kier molecular flexibility index (Phi) is 5.61. The molecule has 4 saturated carbocycles. The summed E-state index contributed by atoms with van der Waals surface area (Å²) in [5.74, 6) is 1.82. The first-order chi connectivity index (χ1) is 16.8. The molecule has 0 aliphatic heterocycles. The van der Waals surface area contributed by atoms with E-state index in [1.165, 1.54) is 38.2 Å². The van der Waals surface area contributed by atoms with Crippen LogP contribution in [0.25, 0.3) is 6.08 Å². The zero-order valence-electron chi connectivity index (χ0n) is 21.6. The minimum atomic E-state index is -0.234. The first kappa shape index (κ1) is 23.2. The van der Waals surface area contributed by atoms with Crippen LogP contribution >= 0.6 is 0 Å². The molecule has 0 amide bonds. The Morgan fingerprint density at radius 2 is 1.86 bits per heavy atom. The fraction of sp³-hybridized carbons (Fsp3) is 0.700. The van der Waals surface area contributed by atoms with Gasteiger partial charge in [0.05, 0.1) is 11.7 Å². The van der Waals surface area contributed by atoms with Gasteiger partial charge < -0.3 is 4.74 Å². The third-order valence-electron chi connectivity index (χ3n) is 10.7. The van der Waals surface area contributed by atoms with Crippen molar-refractivity contribution >= 4 is 17.8 Å². The van der Waals surface area contributed by atoms with E-state index >= 15 is 0 Å². The molecule has 0 unspecified atom stereocenters. The fourth-order valence-electron chi connectivity index (χ4n) is 8.83. The van der Waals surface area contributed by atoms with Crippen LogP contribution in [0.4, 0.5) is 0 Å². The largest absolute Gasteiger partial charge is 0.462 e. The van der Waals surface area contributed by atoms with Gasteiger partial charge in [0.1, 0.15) is 6.10 Å². The maximum atomic E-state index is 13.8. The minimum absolute atomic E-state index is 0.0320. The quantitative estimate of drug-likeness (QED) is 0.285. The van der Waals surface area contributed by atoms with Crippen molar-refractivity contribution in [2.24, 2.45) is 28.6 Å². The monoisotopic (exact) mass is 476 g/mol. The Morgan fingerprint density at radius 3 is 2.63 bits per heavy atom. The van der Waals surface area contributed by atoms with E-state index in [9.17, 15) is 9.59 Å². The molecule has 0 bridgehead atoms. The van der Waals surface area contributed by atoms with Crippen molar-refractivity contribution in [3.05, 3.63) is 35.2 Å². The highest BCUT2D eigenvalue weighted by molar-refractivity contribution is 6.05. The summed E-state index contributed by atoms with van der Waals surface area (Å²) in [6.45, 7) is 6.23. The zero-order chi connectivity index (χ0) is 24.4. The Balaban J connectivity index is 1.27. The molecular formula is C30H40N2O3. The number of fused-ring (bicyclic) bond motifs is 5. The average molecular weight is 477 g/mol. The average Bonchev–Trinajstić information content (AvgIpc) is 3.55. The molecule has 5 heteroatoms. The molecule has 1 aromatic heterocycles. The number of aromatic nitrogens is 2. The van der Waals surface area contributed by atoms with Gasteiger partial charge in [0.15, 0.2) is 5.78 Å². The highest BCUT2D eigenvalue weighted by Crippen LogP contribution is 2.64. The molecule has 0 radical (unpaired) electrons. The van der Waals surface area contributed by atoms with Gasteiger partial charge in [-0.2, -0.15) is 5.10 Å². The first-order valence-corrected chi connectivity index (χ1v) is 14.0. The third kappa shape index (κ3) is 3.67. The second kappa shape index (κ2) is 8.45. The maximum absolute atomic E-state index is 13.8.